The van der Waals surface area contributed by atoms with Crippen LogP contribution in [-0.4, -0.2) is 41.9 Å². The van der Waals surface area contributed by atoms with Crippen LogP contribution in [0.5, 0.6) is 0 Å². The second-order valence-electron chi connectivity index (χ2n) is 4.50. The van der Waals surface area contributed by atoms with Gasteiger partial charge in [-0.05, 0) is 33.5 Å². The fourth-order valence-corrected chi connectivity index (χ4v) is 1.57. The minimum absolute atomic E-state index is 0.487. The Labute approximate surface area is 98.6 Å². The molecule has 0 unspecified atom stereocenters. The highest BCUT2D eigenvalue weighted by atomic mass is 15.3. The van der Waals surface area contributed by atoms with Crippen molar-refractivity contribution >= 4 is 0 Å². The lowest BCUT2D eigenvalue weighted by molar-refractivity contribution is 0.394. The highest BCUT2D eigenvalue weighted by Crippen LogP contribution is 2.11. The van der Waals surface area contributed by atoms with Crippen LogP contribution < -0.4 is 5.32 Å². The second kappa shape index (κ2) is 6.66. The molecule has 0 aliphatic heterocycles. The van der Waals surface area contributed by atoms with Crippen LogP contribution in [-0.2, 0) is 6.54 Å². The summed E-state index contributed by atoms with van der Waals surface area (Å²) in [6, 6.07) is 2.58. The molecule has 0 aliphatic carbocycles. The van der Waals surface area contributed by atoms with E-state index in [2.05, 4.69) is 54.0 Å². The third-order valence-corrected chi connectivity index (χ3v) is 2.80. The van der Waals surface area contributed by atoms with E-state index in [-0.39, 0.29) is 0 Å². The van der Waals surface area contributed by atoms with E-state index in [1.807, 2.05) is 6.20 Å². The molecular weight excluding hydrogens is 200 g/mol. The van der Waals surface area contributed by atoms with Crippen LogP contribution in [0, 0.1) is 0 Å². The first-order valence-electron chi connectivity index (χ1n) is 6.03. The van der Waals surface area contributed by atoms with Gasteiger partial charge < -0.3 is 10.2 Å². The minimum atomic E-state index is 0.487. The van der Waals surface area contributed by atoms with Crippen LogP contribution in [0.25, 0.3) is 0 Å². The molecule has 1 aromatic rings. The summed E-state index contributed by atoms with van der Waals surface area (Å²) in [5, 5.41) is 7.80. The number of nitrogens with zero attached hydrogens (tertiary/aromatic N) is 3. The van der Waals surface area contributed by atoms with E-state index in [9.17, 15) is 0 Å². The maximum absolute atomic E-state index is 4.37. The molecule has 4 heteroatoms. The number of likely N-dealkylation sites (N-methyl/N-ethyl adjacent to an activating group) is 1. The molecule has 1 heterocycles. The topological polar surface area (TPSA) is 33.1 Å². The summed E-state index contributed by atoms with van der Waals surface area (Å²) in [5.41, 5.74) is 1.27. The summed E-state index contributed by atoms with van der Waals surface area (Å²) >= 11 is 0. The van der Waals surface area contributed by atoms with Crippen molar-refractivity contribution in [2.24, 2.45) is 0 Å². The molecule has 1 aromatic heterocycles. The largest absolute Gasteiger partial charge is 0.310 e. The van der Waals surface area contributed by atoms with Gasteiger partial charge in [-0.1, -0.05) is 6.92 Å². The maximum atomic E-state index is 4.37. The number of hydrogen-bond donors (Lipinski definition) is 1. The van der Waals surface area contributed by atoms with Crippen molar-refractivity contribution < 1.29 is 0 Å². The molecular formula is C12H24N4. The molecule has 0 spiro atoms. The maximum Gasteiger partial charge on any atom is 0.0525 e. The van der Waals surface area contributed by atoms with Crippen molar-refractivity contribution in [3.8, 4) is 0 Å². The first kappa shape index (κ1) is 13.2. The van der Waals surface area contributed by atoms with Gasteiger partial charge in [-0.15, -0.1) is 0 Å². The fourth-order valence-electron chi connectivity index (χ4n) is 1.57. The van der Waals surface area contributed by atoms with Crippen molar-refractivity contribution in [1.29, 1.82) is 0 Å². The molecule has 0 saturated heterocycles. The molecule has 16 heavy (non-hydrogen) atoms. The molecule has 92 valence electrons. The van der Waals surface area contributed by atoms with Gasteiger partial charge in [-0.25, -0.2) is 0 Å². The normalized spacial score (nSPS) is 13.3. The van der Waals surface area contributed by atoms with Crippen LogP contribution in [0.1, 0.15) is 32.0 Å². The van der Waals surface area contributed by atoms with Crippen molar-refractivity contribution in [2.45, 2.75) is 32.9 Å². The number of aromatic nitrogens is 2. The molecule has 1 N–H and O–H groups in total. The first-order valence-corrected chi connectivity index (χ1v) is 6.03. The molecule has 0 aliphatic rings. The van der Waals surface area contributed by atoms with E-state index in [1.165, 1.54) is 5.69 Å². The van der Waals surface area contributed by atoms with E-state index >= 15 is 0 Å². The average molecular weight is 224 g/mol. The molecule has 0 aromatic carbocycles. The molecule has 1 atom stereocenters. The summed E-state index contributed by atoms with van der Waals surface area (Å²) < 4.78 is 2.11. The highest BCUT2D eigenvalue weighted by molar-refractivity contribution is 5.01. The van der Waals surface area contributed by atoms with Gasteiger partial charge in [0.05, 0.1) is 5.69 Å². The SMILES string of the molecule is CC[C@@H](C)n1nccc1CNCCN(C)C. The van der Waals surface area contributed by atoms with E-state index in [4.69, 9.17) is 0 Å². The van der Waals surface area contributed by atoms with Crippen LogP contribution >= 0.6 is 0 Å². The predicted molar refractivity (Wildman–Crippen MR) is 67.5 cm³/mol. The van der Waals surface area contributed by atoms with Crippen molar-refractivity contribution in [3.63, 3.8) is 0 Å². The molecule has 4 nitrogen and oxygen atoms in total. The monoisotopic (exact) mass is 224 g/mol. The summed E-state index contributed by atoms with van der Waals surface area (Å²) in [6.45, 7) is 7.38. The Bertz CT molecular complexity index is 293. The van der Waals surface area contributed by atoms with Crippen LogP contribution in [0.2, 0.25) is 0 Å². The number of nitrogens with one attached hydrogen (secondary N) is 1. The standard InChI is InChI=1S/C12H24N4/c1-5-11(2)16-12(6-7-14-16)10-13-8-9-15(3)4/h6-7,11,13H,5,8-10H2,1-4H3/t11-/m1/s1. The second-order valence-corrected chi connectivity index (χ2v) is 4.50. The van der Waals surface area contributed by atoms with Crippen molar-refractivity contribution in [1.82, 2.24) is 20.0 Å². The zero-order valence-corrected chi connectivity index (χ0v) is 10.9. The minimum Gasteiger partial charge on any atom is -0.310 e. The summed E-state index contributed by atoms with van der Waals surface area (Å²) in [6.07, 6.45) is 3.00. The smallest absolute Gasteiger partial charge is 0.0525 e. The Morgan fingerprint density at radius 1 is 1.50 bits per heavy atom. The lowest BCUT2D eigenvalue weighted by Gasteiger charge is -2.15. The summed E-state index contributed by atoms with van der Waals surface area (Å²) in [4.78, 5) is 2.18. The zero-order chi connectivity index (χ0) is 12.0. The Morgan fingerprint density at radius 3 is 2.88 bits per heavy atom. The van der Waals surface area contributed by atoms with Gasteiger partial charge in [-0.2, -0.15) is 5.10 Å². The van der Waals surface area contributed by atoms with Crippen LogP contribution in [0.3, 0.4) is 0 Å². The molecule has 0 amide bonds. The van der Waals surface area contributed by atoms with Gasteiger partial charge in [0.15, 0.2) is 0 Å². The van der Waals surface area contributed by atoms with Gasteiger partial charge in [0.25, 0.3) is 0 Å². The lowest BCUT2D eigenvalue weighted by Crippen LogP contribution is -2.27. The Balaban J connectivity index is 2.39. The average Bonchev–Trinajstić information content (AvgIpc) is 2.71. The van der Waals surface area contributed by atoms with Gasteiger partial charge in [0, 0.05) is 31.9 Å². The summed E-state index contributed by atoms with van der Waals surface area (Å²) in [7, 11) is 4.18. The predicted octanol–water partition coefficient (Wildman–Crippen LogP) is 1.51. The van der Waals surface area contributed by atoms with E-state index < -0.39 is 0 Å². The molecule has 0 bridgehead atoms. The third-order valence-electron chi connectivity index (χ3n) is 2.80. The highest BCUT2D eigenvalue weighted by Gasteiger charge is 2.07. The van der Waals surface area contributed by atoms with E-state index in [0.29, 0.717) is 6.04 Å². The molecule has 0 saturated carbocycles. The molecule has 1 rings (SSSR count). The lowest BCUT2D eigenvalue weighted by atomic mass is 10.2. The van der Waals surface area contributed by atoms with Crippen LogP contribution in [0.15, 0.2) is 12.3 Å². The Hall–Kier alpha value is -0.870. The first-order chi connectivity index (χ1) is 7.65. The fraction of sp³-hybridized carbons (Fsp3) is 0.750. The van der Waals surface area contributed by atoms with Crippen molar-refractivity contribution in [2.75, 3.05) is 27.2 Å². The van der Waals surface area contributed by atoms with Crippen molar-refractivity contribution in [3.05, 3.63) is 18.0 Å². The number of rotatable bonds is 7. The van der Waals surface area contributed by atoms with E-state index in [0.717, 1.165) is 26.1 Å². The zero-order valence-electron chi connectivity index (χ0n) is 10.9. The van der Waals surface area contributed by atoms with Gasteiger partial charge in [0.1, 0.15) is 0 Å². The van der Waals surface area contributed by atoms with Gasteiger partial charge >= 0.3 is 0 Å². The van der Waals surface area contributed by atoms with Gasteiger partial charge in [-0.3, -0.25) is 4.68 Å². The number of hydrogen-bond acceptors (Lipinski definition) is 3. The van der Waals surface area contributed by atoms with E-state index in [1.54, 1.807) is 0 Å². The van der Waals surface area contributed by atoms with Crippen LogP contribution in [0.4, 0.5) is 0 Å². The Morgan fingerprint density at radius 2 is 2.25 bits per heavy atom. The quantitative estimate of drug-likeness (QED) is 0.713. The third kappa shape index (κ3) is 3.94. The molecule has 0 radical (unpaired) electrons. The van der Waals surface area contributed by atoms with Gasteiger partial charge in [0.2, 0.25) is 0 Å². The summed E-state index contributed by atoms with van der Waals surface area (Å²) in [5.74, 6) is 0. The molecule has 0 fully saturated rings. The Kier molecular flexibility index (Phi) is 5.49.